The van der Waals surface area contributed by atoms with Gasteiger partial charge in [0, 0.05) is 5.56 Å². The van der Waals surface area contributed by atoms with Crippen molar-refractivity contribution in [2.24, 2.45) is 0 Å². The summed E-state index contributed by atoms with van der Waals surface area (Å²) in [5.41, 5.74) is -3.55. The van der Waals surface area contributed by atoms with Crippen LogP contribution in [0.1, 0.15) is 35.6 Å². The van der Waals surface area contributed by atoms with Crippen LogP contribution in [0.15, 0.2) is 12.1 Å². The van der Waals surface area contributed by atoms with Crippen molar-refractivity contribution in [3.63, 3.8) is 0 Å². The monoisotopic (exact) mass is 307 g/mol. The van der Waals surface area contributed by atoms with Gasteiger partial charge in [-0.15, -0.1) is 0 Å². The molecule has 0 atom stereocenters. The van der Waals surface area contributed by atoms with Crippen molar-refractivity contribution < 1.29 is 31.5 Å². The highest BCUT2D eigenvalue weighted by atomic mass is 19.4. The summed E-state index contributed by atoms with van der Waals surface area (Å²) in [5.74, 6) is -0.934. The summed E-state index contributed by atoms with van der Waals surface area (Å²) < 4.78 is 68.6. The van der Waals surface area contributed by atoms with Gasteiger partial charge in [0.1, 0.15) is 0 Å². The molecule has 1 aromatic carbocycles. The molecule has 0 radical (unpaired) electrons. The number of nitrogens with zero attached hydrogens (tertiary/aromatic N) is 1. The fourth-order valence-corrected chi connectivity index (χ4v) is 1.72. The second-order valence-electron chi connectivity index (χ2n) is 3.99. The predicted molar refractivity (Wildman–Crippen MR) is 61.5 cm³/mol. The number of rotatable bonds is 4. The lowest BCUT2D eigenvalue weighted by atomic mass is 9.96. The first-order valence-electron chi connectivity index (χ1n) is 5.78. The van der Waals surface area contributed by atoms with Gasteiger partial charge in [0.2, 0.25) is 0 Å². The molecule has 1 rings (SSSR count). The fraction of sp³-hybridized carbons (Fsp3) is 0.385. The van der Waals surface area contributed by atoms with E-state index in [1.807, 2.05) is 0 Å². The Bertz CT molecular complexity index is 575. The molecule has 0 unspecified atom stereocenters. The number of alkyl halides is 5. The minimum absolute atomic E-state index is 0.0274. The molecule has 0 aliphatic heterocycles. The van der Waals surface area contributed by atoms with E-state index in [4.69, 9.17) is 5.26 Å². The number of hydrogen-bond donors (Lipinski definition) is 0. The van der Waals surface area contributed by atoms with E-state index in [9.17, 15) is 26.7 Å². The van der Waals surface area contributed by atoms with Crippen LogP contribution in [0.25, 0.3) is 0 Å². The minimum Gasteiger partial charge on any atom is -0.466 e. The number of carbonyl (C=O) groups excluding carboxylic acids is 1. The normalized spacial score (nSPS) is 11.3. The first-order valence-corrected chi connectivity index (χ1v) is 5.78. The third-order valence-electron chi connectivity index (χ3n) is 2.58. The van der Waals surface area contributed by atoms with Crippen LogP contribution in [0.5, 0.6) is 0 Å². The molecule has 21 heavy (non-hydrogen) atoms. The second-order valence-corrected chi connectivity index (χ2v) is 3.99. The van der Waals surface area contributed by atoms with Gasteiger partial charge >= 0.3 is 12.1 Å². The van der Waals surface area contributed by atoms with E-state index >= 15 is 0 Å². The summed E-state index contributed by atoms with van der Waals surface area (Å²) >= 11 is 0. The maximum absolute atomic E-state index is 12.9. The van der Waals surface area contributed by atoms with Gasteiger partial charge in [0.05, 0.1) is 30.2 Å². The maximum Gasteiger partial charge on any atom is 0.416 e. The molecule has 0 saturated heterocycles. The number of esters is 1. The zero-order valence-electron chi connectivity index (χ0n) is 10.8. The Morgan fingerprint density at radius 3 is 2.43 bits per heavy atom. The minimum atomic E-state index is -4.92. The Hall–Kier alpha value is -2.17. The lowest BCUT2D eigenvalue weighted by Gasteiger charge is -2.15. The van der Waals surface area contributed by atoms with Crippen molar-refractivity contribution in [2.45, 2.75) is 25.9 Å². The van der Waals surface area contributed by atoms with E-state index in [0.29, 0.717) is 6.07 Å². The van der Waals surface area contributed by atoms with Gasteiger partial charge in [-0.3, -0.25) is 4.79 Å². The summed E-state index contributed by atoms with van der Waals surface area (Å²) in [6, 6.07) is 2.26. The topological polar surface area (TPSA) is 50.1 Å². The van der Waals surface area contributed by atoms with Gasteiger partial charge in [-0.2, -0.15) is 18.4 Å². The number of hydrogen-bond acceptors (Lipinski definition) is 3. The molecule has 3 nitrogen and oxygen atoms in total. The van der Waals surface area contributed by atoms with E-state index in [1.165, 1.54) is 13.0 Å². The first kappa shape index (κ1) is 16.9. The zero-order chi connectivity index (χ0) is 16.2. The Labute approximate surface area is 116 Å². The Balaban J connectivity index is 3.40. The second kappa shape index (κ2) is 6.52. The molecule has 0 saturated carbocycles. The van der Waals surface area contributed by atoms with E-state index in [2.05, 4.69) is 4.74 Å². The van der Waals surface area contributed by atoms with Crippen molar-refractivity contribution in [3.05, 3.63) is 34.4 Å². The summed E-state index contributed by atoms with van der Waals surface area (Å²) in [5, 5.41) is 8.74. The van der Waals surface area contributed by atoms with Gasteiger partial charge in [0.25, 0.3) is 6.43 Å². The highest BCUT2D eigenvalue weighted by Crippen LogP contribution is 2.36. The van der Waals surface area contributed by atoms with Gasteiger partial charge in [-0.1, -0.05) is 0 Å². The van der Waals surface area contributed by atoms with Crippen molar-refractivity contribution in [1.29, 1.82) is 5.26 Å². The van der Waals surface area contributed by atoms with Crippen LogP contribution in [-0.4, -0.2) is 12.6 Å². The number of ether oxygens (including phenoxy) is 1. The van der Waals surface area contributed by atoms with Crippen LogP contribution in [0.2, 0.25) is 0 Å². The lowest BCUT2D eigenvalue weighted by Crippen LogP contribution is -2.15. The van der Waals surface area contributed by atoms with Gasteiger partial charge in [0.15, 0.2) is 0 Å². The van der Waals surface area contributed by atoms with Crippen molar-refractivity contribution in [3.8, 4) is 6.07 Å². The predicted octanol–water partition coefficient (Wildman–Crippen LogP) is 3.62. The van der Waals surface area contributed by atoms with Crippen LogP contribution in [-0.2, 0) is 22.1 Å². The molecule has 0 amide bonds. The summed E-state index contributed by atoms with van der Waals surface area (Å²) in [6.07, 6.45) is -8.89. The van der Waals surface area contributed by atoms with Crippen molar-refractivity contribution in [1.82, 2.24) is 0 Å². The number of nitriles is 1. The quantitative estimate of drug-likeness (QED) is 0.630. The lowest BCUT2D eigenvalue weighted by molar-refractivity contribution is -0.143. The smallest absolute Gasteiger partial charge is 0.416 e. The molecule has 0 aliphatic carbocycles. The molecule has 0 aliphatic rings. The molecule has 0 heterocycles. The van der Waals surface area contributed by atoms with Crippen LogP contribution < -0.4 is 0 Å². The molecule has 0 N–H and O–H groups in total. The molecular formula is C13H10F5NO2. The van der Waals surface area contributed by atoms with E-state index in [-0.39, 0.29) is 12.7 Å². The molecule has 8 heteroatoms. The van der Waals surface area contributed by atoms with E-state index < -0.39 is 47.2 Å². The summed E-state index contributed by atoms with van der Waals surface area (Å²) in [6.45, 7) is 1.45. The van der Waals surface area contributed by atoms with Crippen LogP contribution in [0.3, 0.4) is 0 Å². The highest BCUT2D eigenvalue weighted by Gasteiger charge is 2.35. The largest absolute Gasteiger partial charge is 0.466 e. The van der Waals surface area contributed by atoms with Gasteiger partial charge in [-0.25, -0.2) is 8.78 Å². The molecule has 0 aromatic heterocycles. The van der Waals surface area contributed by atoms with Crippen molar-refractivity contribution >= 4 is 5.97 Å². The number of halogens is 5. The van der Waals surface area contributed by atoms with Gasteiger partial charge < -0.3 is 4.74 Å². The molecule has 114 valence electrons. The molecule has 1 aromatic rings. The standard InChI is InChI=1S/C13H10F5NO2/c1-2-21-11(20)4-7-3-8(6-19)9(12(14)15)5-10(7)13(16,17)18/h3,5,12H,2,4H2,1H3. The Kier molecular flexibility index (Phi) is 5.24. The first-order chi connectivity index (χ1) is 9.70. The third kappa shape index (κ3) is 4.15. The van der Waals surface area contributed by atoms with Crippen molar-refractivity contribution in [2.75, 3.05) is 6.61 Å². The third-order valence-corrected chi connectivity index (χ3v) is 2.58. The maximum atomic E-state index is 12.9. The number of benzene rings is 1. The molecular weight excluding hydrogens is 297 g/mol. The van der Waals surface area contributed by atoms with Gasteiger partial charge in [-0.05, 0) is 24.6 Å². The van der Waals surface area contributed by atoms with Crippen LogP contribution in [0, 0.1) is 11.3 Å². The molecule has 0 spiro atoms. The average Bonchev–Trinajstić information content (AvgIpc) is 2.36. The van der Waals surface area contributed by atoms with E-state index in [1.54, 1.807) is 0 Å². The zero-order valence-corrected chi connectivity index (χ0v) is 10.8. The SMILES string of the molecule is CCOC(=O)Cc1cc(C#N)c(C(F)F)cc1C(F)(F)F. The molecule has 0 bridgehead atoms. The summed E-state index contributed by atoms with van der Waals surface area (Å²) in [4.78, 5) is 11.3. The van der Waals surface area contributed by atoms with Crippen LogP contribution in [0.4, 0.5) is 22.0 Å². The fourth-order valence-electron chi connectivity index (χ4n) is 1.72. The highest BCUT2D eigenvalue weighted by molar-refractivity contribution is 5.73. The van der Waals surface area contributed by atoms with E-state index in [0.717, 1.165) is 0 Å². The molecule has 0 fully saturated rings. The Morgan fingerprint density at radius 2 is 2.00 bits per heavy atom. The van der Waals surface area contributed by atoms with Crippen LogP contribution >= 0.6 is 0 Å². The Morgan fingerprint density at radius 1 is 1.38 bits per heavy atom. The average molecular weight is 307 g/mol. The number of carbonyl (C=O) groups is 1. The summed E-state index contributed by atoms with van der Waals surface area (Å²) in [7, 11) is 0.